The Labute approximate surface area is 64.2 Å². The lowest BCUT2D eigenvalue weighted by Gasteiger charge is -2.07. The van der Waals surface area contributed by atoms with Gasteiger partial charge in [0.2, 0.25) is 4.52 Å². The molecule has 0 aromatic rings. The van der Waals surface area contributed by atoms with E-state index in [2.05, 4.69) is 0 Å². The van der Waals surface area contributed by atoms with Gasteiger partial charge >= 0.3 is 8.60 Å². The molecule has 54 valence electrons. The molecule has 0 spiro atoms. The summed E-state index contributed by atoms with van der Waals surface area (Å²) in [5.41, 5.74) is 0. The van der Waals surface area contributed by atoms with E-state index < -0.39 is 13.1 Å². The van der Waals surface area contributed by atoms with Gasteiger partial charge in [0, 0.05) is 7.11 Å². The van der Waals surface area contributed by atoms with Crippen LogP contribution in [0.4, 0.5) is 0 Å². The first-order chi connectivity index (χ1) is 4.14. The molecule has 0 aliphatic carbocycles. The number of alkyl halides is 2. The van der Waals surface area contributed by atoms with Crippen LogP contribution in [0.25, 0.3) is 0 Å². The standard InChI is InChI=1S/C3H5Cl2O3P/c1-6-9-7-2-3(4,5)8-9/h2H2,1H3. The molecule has 1 saturated heterocycles. The van der Waals surface area contributed by atoms with Gasteiger partial charge in [-0.25, -0.2) is 0 Å². The highest BCUT2D eigenvalue weighted by Crippen LogP contribution is 2.52. The monoisotopic (exact) mass is 190 g/mol. The number of hydrogen-bond donors (Lipinski definition) is 0. The minimum absolute atomic E-state index is 0.162. The van der Waals surface area contributed by atoms with Crippen LogP contribution in [-0.2, 0) is 13.6 Å². The maximum Gasteiger partial charge on any atom is 0.335 e. The second kappa shape index (κ2) is 2.87. The summed E-state index contributed by atoms with van der Waals surface area (Å²) in [4.78, 5) is 0. The molecule has 0 amide bonds. The predicted molar refractivity (Wildman–Crippen MR) is 35.4 cm³/mol. The fourth-order valence-electron chi connectivity index (χ4n) is 0.380. The molecule has 9 heavy (non-hydrogen) atoms. The molecule has 1 aliphatic heterocycles. The molecular formula is C3H5Cl2O3P. The summed E-state index contributed by atoms with van der Waals surface area (Å²) in [5, 5.41) is 0. The van der Waals surface area contributed by atoms with Crippen LogP contribution in [0.15, 0.2) is 0 Å². The number of rotatable bonds is 1. The smallest absolute Gasteiger partial charge is 0.316 e. The zero-order chi connectivity index (χ0) is 6.91. The van der Waals surface area contributed by atoms with Gasteiger partial charge in [-0.05, 0) is 0 Å². The molecule has 1 atom stereocenters. The molecule has 1 rings (SSSR count). The molecular weight excluding hydrogens is 186 g/mol. The van der Waals surface area contributed by atoms with Crippen LogP contribution in [0.5, 0.6) is 0 Å². The van der Waals surface area contributed by atoms with E-state index in [1.54, 1.807) is 0 Å². The van der Waals surface area contributed by atoms with Crippen LogP contribution in [-0.4, -0.2) is 18.2 Å². The van der Waals surface area contributed by atoms with Crippen molar-refractivity contribution in [3.05, 3.63) is 0 Å². The van der Waals surface area contributed by atoms with Crippen LogP contribution in [0, 0.1) is 0 Å². The predicted octanol–water partition coefficient (Wildman–Crippen LogP) is 2.04. The minimum Gasteiger partial charge on any atom is -0.316 e. The third-order valence-corrected chi connectivity index (χ3v) is 2.38. The average molecular weight is 191 g/mol. The Kier molecular flexibility index (Phi) is 2.55. The van der Waals surface area contributed by atoms with Crippen LogP contribution in [0.2, 0.25) is 0 Å². The van der Waals surface area contributed by atoms with Gasteiger partial charge in [-0.2, -0.15) is 0 Å². The lowest BCUT2D eigenvalue weighted by molar-refractivity contribution is 0.266. The maximum atomic E-state index is 5.50. The lowest BCUT2D eigenvalue weighted by Crippen LogP contribution is -2.12. The Hall–Kier alpha value is 0.890. The van der Waals surface area contributed by atoms with Crippen LogP contribution < -0.4 is 0 Å². The normalized spacial score (nSPS) is 33.0. The summed E-state index contributed by atoms with van der Waals surface area (Å²) >= 11 is 11.0. The van der Waals surface area contributed by atoms with Gasteiger partial charge in [0.05, 0.1) is 0 Å². The molecule has 0 bridgehead atoms. The van der Waals surface area contributed by atoms with E-state index in [0.717, 1.165) is 0 Å². The van der Waals surface area contributed by atoms with Crippen molar-refractivity contribution in [3.63, 3.8) is 0 Å². The molecule has 6 heteroatoms. The van der Waals surface area contributed by atoms with E-state index in [1.807, 2.05) is 0 Å². The van der Waals surface area contributed by atoms with Crippen molar-refractivity contribution < 1.29 is 13.6 Å². The van der Waals surface area contributed by atoms with E-state index in [0.29, 0.717) is 0 Å². The fraction of sp³-hybridized carbons (Fsp3) is 1.00. The van der Waals surface area contributed by atoms with Crippen LogP contribution >= 0.6 is 31.8 Å². The molecule has 0 aromatic heterocycles. The van der Waals surface area contributed by atoms with Crippen molar-refractivity contribution >= 4 is 31.8 Å². The van der Waals surface area contributed by atoms with Gasteiger partial charge in [0.15, 0.2) is 0 Å². The van der Waals surface area contributed by atoms with Crippen molar-refractivity contribution in [1.29, 1.82) is 0 Å². The summed E-state index contributed by atoms with van der Waals surface area (Å²) in [6.07, 6.45) is 0. The molecule has 1 unspecified atom stereocenters. The molecule has 1 fully saturated rings. The first-order valence-corrected chi connectivity index (χ1v) is 4.03. The Morgan fingerprint density at radius 3 is 2.56 bits per heavy atom. The third kappa shape index (κ3) is 2.19. The Bertz CT molecular complexity index is 109. The lowest BCUT2D eigenvalue weighted by atomic mass is 10.8. The van der Waals surface area contributed by atoms with Gasteiger partial charge in [-0.15, -0.1) is 0 Å². The zero-order valence-electron chi connectivity index (χ0n) is 4.63. The van der Waals surface area contributed by atoms with E-state index in [1.165, 1.54) is 7.11 Å². The largest absolute Gasteiger partial charge is 0.335 e. The van der Waals surface area contributed by atoms with Crippen molar-refractivity contribution in [2.24, 2.45) is 0 Å². The SMILES string of the molecule is COP1OCC(Cl)(Cl)O1. The molecule has 1 aliphatic rings. The van der Waals surface area contributed by atoms with Gasteiger partial charge in [0.1, 0.15) is 6.61 Å². The number of halogens is 2. The second-order valence-corrected chi connectivity index (χ2v) is 4.08. The highest BCUT2D eigenvalue weighted by atomic mass is 35.5. The molecule has 0 N–H and O–H groups in total. The maximum absolute atomic E-state index is 5.50. The summed E-state index contributed by atoms with van der Waals surface area (Å²) in [6, 6.07) is 0. The van der Waals surface area contributed by atoms with E-state index >= 15 is 0 Å². The summed E-state index contributed by atoms with van der Waals surface area (Å²) in [5.74, 6) is 0. The van der Waals surface area contributed by atoms with Crippen molar-refractivity contribution in [3.8, 4) is 0 Å². The van der Waals surface area contributed by atoms with E-state index in [-0.39, 0.29) is 6.61 Å². The van der Waals surface area contributed by atoms with E-state index in [4.69, 9.17) is 36.8 Å². The highest BCUT2D eigenvalue weighted by molar-refractivity contribution is 7.42. The van der Waals surface area contributed by atoms with Gasteiger partial charge in [-0.1, -0.05) is 23.2 Å². The molecule has 3 nitrogen and oxygen atoms in total. The van der Waals surface area contributed by atoms with Crippen LogP contribution in [0.3, 0.4) is 0 Å². The summed E-state index contributed by atoms with van der Waals surface area (Å²) in [6.45, 7) is 0.162. The molecule has 1 heterocycles. The molecule has 0 aromatic carbocycles. The average Bonchev–Trinajstić information content (AvgIpc) is 2.10. The Balaban J connectivity index is 2.38. The van der Waals surface area contributed by atoms with Gasteiger partial charge in [0.25, 0.3) is 0 Å². The quantitative estimate of drug-likeness (QED) is 0.468. The highest BCUT2D eigenvalue weighted by Gasteiger charge is 2.39. The van der Waals surface area contributed by atoms with Gasteiger partial charge < -0.3 is 9.05 Å². The molecule has 0 saturated carbocycles. The first-order valence-electron chi connectivity index (χ1n) is 2.18. The van der Waals surface area contributed by atoms with E-state index in [9.17, 15) is 0 Å². The van der Waals surface area contributed by atoms with Crippen molar-refractivity contribution in [2.45, 2.75) is 4.52 Å². The number of hydrogen-bond acceptors (Lipinski definition) is 3. The third-order valence-electron chi connectivity index (χ3n) is 0.695. The van der Waals surface area contributed by atoms with Crippen LogP contribution in [0.1, 0.15) is 0 Å². The van der Waals surface area contributed by atoms with Gasteiger partial charge in [-0.3, -0.25) is 4.52 Å². The summed E-state index contributed by atoms with van der Waals surface area (Å²) < 4.78 is 13.2. The molecule has 0 radical (unpaired) electrons. The first kappa shape index (κ1) is 7.99. The minimum atomic E-state index is -1.29. The van der Waals surface area contributed by atoms with Crippen molar-refractivity contribution in [1.82, 2.24) is 0 Å². The Morgan fingerprint density at radius 1 is 1.67 bits per heavy atom. The zero-order valence-corrected chi connectivity index (χ0v) is 7.04. The fourth-order valence-corrected chi connectivity index (χ4v) is 1.77. The Morgan fingerprint density at radius 2 is 2.33 bits per heavy atom. The summed E-state index contributed by atoms with van der Waals surface area (Å²) in [7, 11) is 0.178. The second-order valence-electron chi connectivity index (χ2n) is 1.41. The van der Waals surface area contributed by atoms with Crippen molar-refractivity contribution in [2.75, 3.05) is 13.7 Å². The topological polar surface area (TPSA) is 27.7 Å².